The lowest BCUT2D eigenvalue weighted by molar-refractivity contribution is -0.137. The summed E-state index contributed by atoms with van der Waals surface area (Å²) in [5.41, 5.74) is 3.35. The third-order valence-electron chi connectivity index (χ3n) is 6.08. The van der Waals surface area contributed by atoms with E-state index in [1.807, 2.05) is 36.4 Å². The van der Waals surface area contributed by atoms with E-state index in [-0.39, 0.29) is 5.69 Å². The van der Waals surface area contributed by atoms with Gasteiger partial charge in [0.1, 0.15) is 5.82 Å². The molecule has 0 amide bonds. The fourth-order valence-corrected chi connectivity index (χ4v) is 4.33. The lowest BCUT2D eigenvalue weighted by Crippen LogP contribution is -2.23. The van der Waals surface area contributed by atoms with Gasteiger partial charge in [-0.05, 0) is 60.2 Å². The Morgan fingerprint density at radius 2 is 1.67 bits per heavy atom. The second kappa shape index (κ2) is 8.23. The molecule has 1 N–H and O–H groups in total. The van der Waals surface area contributed by atoms with Crippen LogP contribution in [0.3, 0.4) is 0 Å². The molecule has 3 heterocycles. The van der Waals surface area contributed by atoms with Crippen molar-refractivity contribution in [1.82, 2.24) is 24.1 Å². The Bertz CT molecular complexity index is 1760. The molecule has 0 unspecified atom stereocenters. The molecule has 0 aliphatic carbocycles. The van der Waals surface area contributed by atoms with Crippen LogP contribution < -0.4 is 5.69 Å². The molecule has 0 aliphatic heterocycles. The minimum absolute atomic E-state index is 0.219. The van der Waals surface area contributed by atoms with Crippen LogP contribution in [0.15, 0.2) is 95.9 Å². The lowest BCUT2D eigenvalue weighted by Gasteiger charge is -2.05. The molecule has 0 saturated carbocycles. The largest absolute Gasteiger partial charge is 0.416 e. The average Bonchev–Trinajstić information content (AvgIpc) is 3.43. The van der Waals surface area contributed by atoms with E-state index < -0.39 is 11.7 Å². The topological polar surface area (TPSA) is 68.5 Å². The first kappa shape index (κ1) is 21.8. The van der Waals surface area contributed by atoms with Crippen LogP contribution >= 0.6 is 0 Å². The SMILES string of the molecule is O=c1n(Cc2ccccc2)c2ncccc2n1-c1ccc(-c2nc3ccc(C(F)(F)F)cc3[nH]2)cc1. The summed E-state index contributed by atoms with van der Waals surface area (Å²) in [4.78, 5) is 25.3. The van der Waals surface area contributed by atoms with Gasteiger partial charge in [-0.3, -0.25) is 9.13 Å². The first-order valence-corrected chi connectivity index (χ1v) is 11.2. The first-order chi connectivity index (χ1) is 17.4. The lowest BCUT2D eigenvalue weighted by atomic mass is 10.2. The standard InChI is InChI=1S/C27H18F3N5O/c28-27(29,30)19-10-13-21-22(15-19)33-24(32-21)18-8-11-20(12-9-18)35-23-7-4-14-31-25(23)34(26(35)36)16-17-5-2-1-3-6-17/h1-15H,16H2,(H,32,33). The molecule has 6 rings (SSSR count). The third-order valence-corrected chi connectivity index (χ3v) is 6.08. The van der Waals surface area contributed by atoms with Crippen molar-refractivity contribution in [3.05, 3.63) is 113 Å². The van der Waals surface area contributed by atoms with Crippen LogP contribution in [-0.4, -0.2) is 24.1 Å². The molecule has 178 valence electrons. The zero-order valence-corrected chi connectivity index (χ0v) is 18.7. The summed E-state index contributed by atoms with van der Waals surface area (Å²) in [5, 5.41) is 0. The van der Waals surface area contributed by atoms with E-state index in [4.69, 9.17) is 0 Å². The van der Waals surface area contributed by atoms with E-state index in [0.29, 0.717) is 45.8 Å². The molecule has 0 spiro atoms. The molecular weight excluding hydrogens is 467 g/mol. The predicted octanol–water partition coefficient (Wildman–Crippen LogP) is 5.80. The molecule has 6 aromatic rings. The minimum Gasteiger partial charge on any atom is -0.338 e. The van der Waals surface area contributed by atoms with Crippen LogP contribution in [0.2, 0.25) is 0 Å². The van der Waals surface area contributed by atoms with Gasteiger partial charge in [-0.2, -0.15) is 13.2 Å². The molecule has 0 saturated heterocycles. The smallest absolute Gasteiger partial charge is 0.338 e. The van der Waals surface area contributed by atoms with E-state index >= 15 is 0 Å². The average molecular weight is 485 g/mol. The Balaban J connectivity index is 1.39. The normalized spacial score (nSPS) is 12.0. The number of rotatable bonds is 4. The van der Waals surface area contributed by atoms with Gasteiger partial charge in [0.25, 0.3) is 0 Å². The van der Waals surface area contributed by atoms with Gasteiger partial charge in [0.2, 0.25) is 0 Å². The van der Waals surface area contributed by atoms with Gasteiger partial charge in [0, 0.05) is 11.8 Å². The molecular formula is C27H18F3N5O. The number of H-pyrrole nitrogens is 1. The Kier molecular flexibility index (Phi) is 4.99. The summed E-state index contributed by atoms with van der Waals surface area (Å²) in [5.74, 6) is 0.441. The monoisotopic (exact) mass is 485 g/mol. The third kappa shape index (κ3) is 3.74. The summed E-state index contributed by atoms with van der Waals surface area (Å²) in [6, 6.07) is 23.8. The number of pyridine rings is 1. The highest BCUT2D eigenvalue weighted by molar-refractivity contribution is 5.80. The van der Waals surface area contributed by atoms with E-state index in [1.165, 1.54) is 6.07 Å². The molecule has 0 aliphatic rings. The Morgan fingerprint density at radius 3 is 2.42 bits per heavy atom. The summed E-state index contributed by atoms with van der Waals surface area (Å²) < 4.78 is 42.4. The van der Waals surface area contributed by atoms with Gasteiger partial charge >= 0.3 is 11.9 Å². The summed E-state index contributed by atoms with van der Waals surface area (Å²) in [6.07, 6.45) is -2.77. The summed E-state index contributed by atoms with van der Waals surface area (Å²) in [7, 11) is 0. The second-order valence-electron chi connectivity index (χ2n) is 8.40. The van der Waals surface area contributed by atoms with Crippen LogP contribution in [0.1, 0.15) is 11.1 Å². The highest BCUT2D eigenvalue weighted by atomic mass is 19.4. The number of nitrogens with zero attached hydrogens (tertiary/aromatic N) is 4. The summed E-state index contributed by atoms with van der Waals surface area (Å²) >= 11 is 0. The maximum absolute atomic E-state index is 13.5. The zero-order valence-electron chi connectivity index (χ0n) is 18.7. The fourth-order valence-electron chi connectivity index (χ4n) is 4.33. The number of hydrogen-bond donors (Lipinski definition) is 1. The fraction of sp³-hybridized carbons (Fsp3) is 0.0741. The number of alkyl halides is 3. The van der Waals surface area contributed by atoms with Crippen molar-refractivity contribution in [2.75, 3.05) is 0 Å². The highest BCUT2D eigenvalue weighted by Gasteiger charge is 2.30. The number of hydrogen-bond acceptors (Lipinski definition) is 3. The van der Waals surface area contributed by atoms with Crippen molar-refractivity contribution in [2.24, 2.45) is 0 Å². The van der Waals surface area contributed by atoms with E-state index in [0.717, 1.165) is 17.7 Å². The van der Waals surface area contributed by atoms with Crippen molar-refractivity contribution in [3.63, 3.8) is 0 Å². The van der Waals surface area contributed by atoms with E-state index in [2.05, 4.69) is 15.0 Å². The van der Waals surface area contributed by atoms with Crippen molar-refractivity contribution >= 4 is 22.2 Å². The number of fused-ring (bicyclic) bond motifs is 2. The molecule has 6 nitrogen and oxygen atoms in total. The van der Waals surface area contributed by atoms with Crippen LogP contribution in [-0.2, 0) is 12.7 Å². The highest BCUT2D eigenvalue weighted by Crippen LogP contribution is 2.32. The van der Waals surface area contributed by atoms with Gasteiger partial charge in [-0.15, -0.1) is 0 Å². The molecule has 3 aromatic carbocycles. The number of halogens is 3. The van der Waals surface area contributed by atoms with Gasteiger partial charge in [-0.1, -0.05) is 30.3 Å². The van der Waals surface area contributed by atoms with Crippen LogP contribution in [0.5, 0.6) is 0 Å². The zero-order chi connectivity index (χ0) is 24.9. The van der Waals surface area contributed by atoms with Gasteiger partial charge < -0.3 is 4.98 Å². The van der Waals surface area contributed by atoms with Crippen LogP contribution in [0.4, 0.5) is 13.2 Å². The maximum Gasteiger partial charge on any atom is 0.416 e. The van der Waals surface area contributed by atoms with E-state index in [9.17, 15) is 18.0 Å². The Hall–Kier alpha value is -4.66. The Morgan fingerprint density at radius 1 is 0.889 bits per heavy atom. The molecule has 3 aromatic heterocycles. The second-order valence-corrected chi connectivity index (χ2v) is 8.40. The number of benzene rings is 3. The number of aromatic nitrogens is 5. The number of aromatic amines is 1. The van der Waals surface area contributed by atoms with Crippen LogP contribution in [0, 0.1) is 0 Å². The molecule has 0 radical (unpaired) electrons. The van der Waals surface area contributed by atoms with Crippen LogP contribution in [0.25, 0.3) is 39.3 Å². The molecule has 36 heavy (non-hydrogen) atoms. The van der Waals surface area contributed by atoms with Gasteiger partial charge in [0.15, 0.2) is 5.65 Å². The summed E-state index contributed by atoms with van der Waals surface area (Å²) in [6.45, 7) is 0.386. The predicted molar refractivity (Wildman–Crippen MR) is 131 cm³/mol. The molecule has 0 fully saturated rings. The molecule has 9 heteroatoms. The van der Waals surface area contributed by atoms with Crippen molar-refractivity contribution in [2.45, 2.75) is 12.7 Å². The van der Waals surface area contributed by atoms with E-state index in [1.54, 1.807) is 45.7 Å². The number of imidazole rings is 2. The first-order valence-electron chi connectivity index (χ1n) is 11.2. The minimum atomic E-state index is -4.43. The Labute approximate surface area is 202 Å². The molecule has 0 atom stereocenters. The van der Waals surface area contributed by atoms with Crippen molar-refractivity contribution in [1.29, 1.82) is 0 Å². The van der Waals surface area contributed by atoms with Crippen molar-refractivity contribution < 1.29 is 13.2 Å². The van der Waals surface area contributed by atoms with Crippen molar-refractivity contribution in [3.8, 4) is 17.1 Å². The number of nitrogens with one attached hydrogen (secondary N) is 1. The van der Waals surface area contributed by atoms with Gasteiger partial charge in [0.05, 0.1) is 34.3 Å². The van der Waals surface area contributed by atoms with Gasteiger partial charge in [-0.25, -0.2) is 14.8 Å². The quantitative estimate of drug-likeness (QED) is 0.343. The molecule has 0 bridgehead atoms. The maximum atomic E-state index is 13.5.